The molecule has 2 unspecified atom stereocenters. The van der Waals surface area contributed by atoms with Crippen LogP contribution in [0.25, 0.3) is 16.6 Å². The van der Waals surface area contributed by atoms with Gasteiger partial charge in [0.2, 0.25) is 0 Å². The maximum Gasteiger partial charge on any atom is 0.255 e. The Bertz CT molecular complexity index is 1370. The van der Waals surface area contributed by atoms with Crippen LogP contribution in [0.3, 0.4) is 0 Å². The molecule has 0 radical (unpaired) electrons. The average molecular weight is 488 g/mol. The van der Waals surface area contributed by atoms with E-state index >= 15 is 0 Å². The molecule has 4 N–H and O–H groups in total. The molecule has 3 heterocycles. The van der Waals surface area contributed by atoms with Crippen LogP contribution >= 0.6 is 0 Å². The quantitative estimate of drug-likeness (QED) is 0.318. The number of amides is 1. The summed E-state index contributed by atoms with van der Waals surface area (Å²) in [5.74, 6) is 0.0491. The summed E-state index contributed by atoms with van der Waals surface area (Å²) in [7, 11) is 0. The Morgan fingerprint density at radius 2 is 2.08 bits per heavy atom. The summed E-state index contributed by atoms with van der Waals surface area (Å²) in [6.45, 7) is 6.53. The number of carbonyl (C=O) groups is 1. The minimum Gasteiger partial charge on any atom is -0.396 e. The van der Waals surface area contributed by atoms with E-state index in [0.29, 0.717) is 12.0 Å². The van der Waals surface area contributed by atoms with Crippen molar-refractivity contribution in [3.8, 4) is 5.69 Å². The highest BCUT2D eigenvalue weighted by Gasteiger charge is 2.24. The molecule has 1 saturated heterocycles. The highest BCUT2D eigenvalue weighted by atomic mass is 16.3. The van der Waals surface area contributed by atoms with Crippen molar-refractivity contribution in [1.82, 2.24) is 19.4 Å². The zero-order valence-electron chi connectivity index (χ0n) is 20.7. The first-order chi connectivity index (χ1) is 17.4. The van der Waals surface area contributed by atoms with Crippen LogP contribution in [0.1, 0.15) is 40.7 Å². The van der Waals surface area contributed by atoms with Crippen LogP contribution in [-0.4, -0.2) is 61.4 Å². The van der Waals surface area contributed by atoms with Crippen molar-refractivity contribution in [3.63, 3.8) is 0 Å². The normalized spacial score (nSPS) is 18.6. The number of aromatic amines is 1. The molecule has 0 aliphatic carbocycles. The van der Waals surface area contributed by atoms with Gasteiger partial charge >= 0.3 is 0 Å². The van der Waals surface area contributed by atoms with Crippen LogP contribution in [0, 0.1) is 12.8 Å². The van der Waals surface area contributed by atoms with Gasteiger partial charge in [0.15, 0.2) is 0 Å². The van der Waals surface area contributed by atoms with Gasteiger partial charge in [0.05, 0.1) is 18.1 Å². The van der Waals surface area contributed by atoms with Crippen molar-refractivity contribution in [2.75, 3.05) is 25.0 Å². The maximum absolute atomic E-state index is 13.2. The molecule has 2 atom stereocenters. The van der Waals surface area contributed by atoms with E-state index in [2.05, 4.69) is 33.2 Å². The first-order valence-corrected chi connectivity index (χ1v) is 12.5. The predicted octanol–water partition coefficient (Wildman–Crippen LogP) is 3.65. The van der Waals surface area contributed by atoms with E-state index in [1.54, 1.807) is 6.33 Å². The molecule has 5 rings (SSSR count). The summed E-state index contributed by atoms with van der Waals surface area (Å²) < 4.78 is 1.96. The van der Waals surface area contributed by atoms with Gasteiger partial charge in [0.25, 0.3) is 5.91 Å². The number of nitrogens with one attached hydrogen (secondary N) is 2. The molecule has 4 aromatic rings. The molecule has 8 heteroatoms. The van der Waals surface area contributed by atoms with E-state index in [9.17, 15) is 15.0 Å². The standard InChI is InChI=1S/C28H33N5O3/c1-18-14-32(7-5-27(18)35)16-20-9-24(13-25(10-20)33-15-19(2)29-17-33)31-28(36)22-4-3-21-11-23(6-8-34)30-26(21)12-22/h3-4,9-13,15,17-18,27,30,34-35H,5-8,14,16H2,1-2H3,(H,31,36). The lowest BCUT2D eigenvalue weighted by Crippen LogP contribution is -2.41. The third kappa shape index (κ3) is 5.36. The van der Waals surface area contributed by atoms with E-state index in [1.165, 1.54) is 0 Å². The first-order valence-electron chi connectivity index (χ1n) is 12.5. The average Bonchev–Trinajstić information content (AvgIpc) is 3.46. The van der Waals surface area contributed by atoms with Gasteiger partial charge in [-0.1, -0.05) is 13.0 Å². The Hall–Kier alpha value is -3.46. The molecule has 1 aliphatic rings. The number of rotatable bonds is 7. The number of aliphatic hydroxyl groups excluding tert-OH is 2. The lowest BCUT2D eigenvalue weighted by Gasteiger charge is -2.34. The second-order valence-corrected chi connectivity index (χ2v) is 9.90. The van der Waals surface area contributed by atoms with Gasteiger partial charge in [0, 0.05) is 67.0 Å². The topological polar surface area (TPSA) is 106 Å². The van der Waals surface area contributed by atoms with Gasteiger partial charge in [-0.25, -0.2) is 4.98 Å². The monoisotopic (exact) mass is 487 g/mol. The van der Waals surface area contributed by atoms with Crippen molar-refractivity contribution in [1.29, 1.82) is 0 Å². The molecule has 8 nitrogen and oxygen atoms in total. The number of benzene rings is 2. The van der Waals surface area contributed by atoms with Gasteiger partial charge in [-0.15, -0.1) is 0 Å². The summed E-state index contributed by atoms with van der Waals surface area (Å²) in [6, 6.07) is 13.7. The van der Waals surface area contributed by atoms with E-state index in [0.717, 1.165) is 65.3 Å². The number of imidazole rings is 1. The second-order valence-electron chi connectivity index (χ2n) is 9.90. The fraction of sp³-hybridized carbons (Fsp3) is 0.357. The van der Waals surface area contributed by atoms with E-state index in [-0.39, 0.29) is 24.5 Å². The molecular formula is C28H33N5O3. The van der Waals surface area contributed by atoms with Crippen molar-refractivity contribution in [2.45, 2.75) is 39.3 Å². The van der Waals surface area contributed by atoms with Crippen LogP contribution < -0.4 is 5.32 Å². The minimum atomic E-state index is -0.243. The van der Waals surface area contributed by atoms with Gasteiger partial charge in [-0.05, 0) is 66.6 Å². The maximum atomic E-state index is 13.2. The number of anilines is 1. The number of likely N-dealkylation sites (tertiary alicyclic amines) is 1. The summed E-state index contributed by atoms with van der Waals surface area (Å²) in [5, 5.41) is 23.4. The fourth-order valence-electron chi connectivity index (χ4n) is 4.96. The van der Waals surface area contributed by atoms with Crippen molar-refractivity contribution < 1.29 is 15.0 Å². The summed E-state index contributed by atoms with van der Waals surface area (Å²) >= 11 is 0. The number of piperidine rings is 1. The SMILES string of the molecule is Cc1cn(-c2cc(CN3CCC(O)C(C)C3)cc(NC(=O)c3ccc4cc(CCO)[nH]c4c3)c2)cn1. The molecule has 1 fully saturated rings. The van der Waals surface area contributed by atoms with Crippen LogP contribution in [0.4, 0.5) is 5.69 Å². The van der Waals surface area contributed by atoms with Crippen LogP contribution in [0.2, 0.25) is 0 Å². The van der Waals surface area contributed by atoms with Crippen molar-refractivity contribution in [2.24, 2.45) is 5.92 Å². The van der Waals surface area contributed by atoms with Gasteiger partial charge < -0.3 is 25.1 Å². The first kappa shape index (κ1) is 24.2. The predicted molar refractivity (Wildman–Crippen MR) is 140 cm³/mol. The number of nitrogens with zero attached hydrogens (tertiary/aromatic N) is 3. The number of aliphatic hydroxyl groups is 2. The minimum absolute atomic E-state index is 0.0756. The molecule has 2 aromatic carbocycles. The molecule has 0 saturated carbocycles. The molecule has 36 heavy (non-hydrogen) atoms. The number of hydrogen-bond acceptors (Lipinski definition) is 5. The van der Waals surface area contributed by atoms with Crippen LogP contribution in [-0.2, 0) is 13.0 Å². The summed E-state index contributed by atoms with van der Waals surface area (Å²) in [4.78, 5) is 23.2. The zero-order valence-corrected chi connectivity index (χ0v) is 20.7. The van der Waals surface area contributed by atoms with Gasteiger partial charge in [0.1, 0.15) is 0 Å². The number of fused-ring (bicyclic) bond motifs is 1. The molecule has 1 aliphatic heterocycles. The molecule has 2 aromatic heterocycles. The largest absolute Gasteiger partial charge is 0.396 e. The van der Waals surface area contributed by atoms with Crippen LogP contribution in [0.5, 0.6) is 0 Å². The molecule has 0 spiro atoms. The second kappa shape index (κ2) is 10.3. The Morgan fingerprint density at radius 1 is 1.22 bits per heavy atom. The highest BCUT2D eigenvalue weighted by Crippen LogP contribution is 2.24. The smallest absolute Gasteiger partial charge is 0.255 e. The number of hydrogen-bond donors (Lipinski definition) is 4. The summed E-state index contributed by atoms with van der Waals surface area (Å²) in [5.41, 5.74) is 6.03. The van der Waals surface area contributed by atoms with Crippen LogP contribution in [0.15, 0.2) is 55.0 Å². The molecule has 0 bridgehead atoms. The number of H-pyrrole nitrogens is 1. The van der Waals surface area contributed by atoms with E-state index in [4.69, 9.17) is 0 Å². The number of aryl methyl sites for hydroxylation is 1. The van der Waals surface area contributed by atoms with Crippen molar-refractivity contribution in [3.05, 3.63) is 77.5 Å². The Kier molecular flexibility index (Phi) is 6.91. The van der Waals surface area contributed by atoms with E-state index < -0.39 is 0 Å². The van der Waals surface area contributed by atoms with Crippen molar-refractivity contribution >= 4 is 22.5 Å². The lowest BCUT2D eigenvalue weighted by atomic mass is 9.96. The van der Waals surface area contributed by atoms with E-state index in [1.807, 2.05) is 54.1 Å². The summed E-state index contributed by atoms with van der Waals surface area (Å²) in [6.07, 6.45) is 4.82. The third-order valence-corrected chi connectivity index (χ3v) is 6.92. The molecule has 188 valence electrons. The Labute approximate surface area is 210 Å². The third-order valence-electron chi connectivity index (χ3n) is 6.92. The fourth-order valence-corrected chi connectivity index (χ4v) is 4.96. The lowest BCUT2D eigenvalue weighted by molar-refractivity contribution is 0.0320. The highest BCUT2D eigenvalue weighted by molar-refractivity contribution is 6.06. The molecule has 1 amide bonds. The van der Waals surface area contributed by atoms with Gasteiger partial charge in [-0.3, -0.25) is 9.69 Å². The zero-order chi connectivity index (χ0) is 25.2. The number of carbonyl (C=O) groups excluding carboxylic acids is 1. The van der Waals surface area contributed by atoms with Gasteiger partial charge in [-0.2, -0.15) is 0 Å². The molecular weight excluding hydrogens is 454 g/mol. The Balaban J connectivity index is 1.40. The number of aromatic nitrogens is 3. The Morgan fingerprint density at radius 3 is 2.83 bits per heavy atom.